The number of hydrogen-bond acceptors (Lipinski definition) is 5. The Morgan fingerprint density at radius 1 is 0.923 bits per heavy atom. The van der Waals surface area contributed by atoms with Crippen molar-refractivity contribution >= 4 is 0 Å². The zero-order chi connectivity index (χ0) is 17.6. The molecule has 0 bridgehead atoms. The molecule has 4 rings (SSSR count). The minimum Gasteiger partial charge on any atom is -0.449 e. The Hall–Kier alpha value is -0.910. The first-order valence-electron chi connectivity index (χ1n) is 10.8. The van der Waals surface area contributed by atoms with Crippen LogP contribution in [0.25, 0.3) is 0 Å². The van der Waals surface area contributed by atoms with E-state index in [4.69, 9.17) is 13.9 Å². The first-order valence-corrected chi connectivity index (χ1v) is 10.8. The lowest BCUT2D eigenvalue weighted by Gasteiger charge is -2.34. The van der Waals surface area contributed by atoms with E-state index in [9.17, 15) is 0 Å². The van der Waals surface area contributed by atoms with E-state index in [0.29, 0.717) is 24.2 Å². The molecule has 0 amide bonds. The van der Waals surface area contributed by atoms with E-state index in [1.165, 1.54) is 25.9 Å². The maximum atomic E-state index is 6.42. The summed E-state index contributed by atoms with van der Waals surface area (Å²) in [6, 6.07) is 0. The van der Waals surface area contributed by atoms with Crippen LogP contribution in [0.5, 0.6) is 0 Å². The molecule has 0 spiro atoms. The van der Waals surface area contributed by atoms with Crippen LogP contribution in [0, 0.1) is 0 Å². The fourth-order valence-corrected chi connectivity index (χ4v) is 4.84. The van der Waals surface area contributed by atoms with Crippen LogP contribution < -0.4 is 0 Å². The topological polar surface area (TPSA) is 47.7 Å². The lowest BCUT2D eigenvalue weighted by Crippen LogP contribution is -2.33. The van der Waals surface area contributed by atoms with Crippen molar-refractivity contribution in [3.63, 3.8) is 0 Å². The highest BCUT2D eigenvalue weighted by Crippen LogP contribution is 2.35. The third kappa shape index (κ3) is 5.08. The highest BCUT2D eigenvalue weighted by molar-refractivity contribution is 4.94. The molecule has 0 atom stereocenters. The van der Waals surface area contributed by atoms with Gasteiger partial charge in [0.1, 0.15) is 6.26 Å². The first-order chi connectivity index (χ1) is 12.9. The summed E-state index contributed by atoms with van der Waals surface area (Å²) >= 11 is 0. The molecule has 3 aliphatic rings. The van der Waals surface area contributed by atoms with Gasteiger partial charge in [0.05, 0.1) is 31.1 Å². The van der Waals surface area contributed by atoms with Gasteiger partial charge in [0.25, 0.3) is 0 Å². The highest BCUT2D eigenvalue weighted by Gasteiger charge is 2.29. The number of likely N-dealkylation sites (tertiary alicyclic amines) is 1. The average Bonchev–Trinajstić information content (AvgIpc) is 3.38. The van der Waals surface area contributed by atoms with E-state index in [1.807, 2.05) is 0 Å². The van der Waals surface area contributed by atoms with Crippen molar-refractivity contribution in [3.8, 4) is 0 Å². The van der Waals surface area contributed by atoms with Gasteiger partial charge in [-0.1, -0.05) is 0 Å². The third-order valence-corrected chi connectivity index (χ3v) is 6.44. The molecule has 1 aromatic rings. The average molecular weight is 363 g/mol. The van der Waals surface area contributed by atoms with Crippen LogP contribution in [0.3, 0.4) is 0 Å². The Morgan fingerprint density at radius 2 is 1.58 bits per heavy atom. The SMILES string of the molecule is c1coc(C2CCC(OC3CCC(OCCN4CCCC4)CC3)CC2)n1. The molecular formula is C21H34N2O3. The standard InChI is InChI=1S/C21H34N2O3/c1-2-13-23(12-1)14-16-24-18-7-9-20(10-8-18)26-19-5-3-17(4-6-19)21-22-11-15-25-21/h11,15,17-20H,1-10,12-14,16H2. The molecule has 0 aromatic carbocycles. The molecule has 0 N–H and O–H groups in total. The van der Waals surface area contributed by atoms with Gasteiger partial charge >= 0.3 is 0 Å². The number of hydrogen-bond donors (Lipinski definition) is 0. The number of rotatable bonds is 7. The van der Waals surface area contributed by atoms with Crippen LogP contribution in [0.15, 0.2) is 16.9 Å². The molecule has 26 heavy (non-hydrogen) atoms. The van der Waals surface area contributed by atoms with E-state index in [2.05, 4.69) is 9.88 Å². The second kappa shape index (κ2) is 9.34. The summed E-state index contributed by atoms with van der Waals surface area (Å²) in [4.78, 5) is 6.85. The van der Waals surface area contributed by atoms with Crippen molar-refractivity contribution in [2.45, 2.75) is 88.4 Å². The Bertz CT molecular complexity index is 499. The second-order valence-electron chi connectivity index (χ2n) is 8.30. The number of oxazole rings is 1. The minimum atomic E-state index is 0.429. The van der Waals surface area contributed by atoms with Crippen LogP contribution in [-0.4, -0.2) is 54.4 Å². The molecule has 146 valence electrons. The molecule has 1 aromatic heterocycles. The van der Waals surface area contributed by atoms with Gasteiger partial charge in [-0.15, -0.1) is 0 Å². The predicted octanol–water partition coefficient (Wildman–Crippen LogP) is 4.14. The van der Waals surface area contributed by atoms with E-state index in [0.717, 1.165) is 70.4 Å². The lowest BCUT2D eigenvalue weighted by molar-refractivity contribution is -0.0744. The second-order valence-corrected chi connectivity index (χ2v) is 8.30. The quantitative estimate of drug-likeness (QED) is 0.729. The summed E-state index contributed by atoms with van der Waals surface area (Å²) in [7, 11) is 0. The van der Waals surface area contributed by atoms with Crippen LogP contribution in [0.4, 0.5) is 0 Å². The van der Waals surface area contributed by atoms with Gasteiger partial charge < -0.3 is 18.8 Å². The van der Waals surface area contributed by atoms with Crippen molar-refractivity contribution in [1.82, 2.24) is 9.88 Å². The molecule has 1 aliphatic heterocycles. The summed E-state index contributed by atoms with van der Waals surface area (Å²) in [5.74, 6) is 1.40. The van der Waals surface area contributed by atoms with E-state index < -0.39 is 0 Å². The normalized spacial score (nSPS) is 33.5. The van der Waals surface area contributed by atoms with Crippen molar-refractivity contribution in [2.24, 2.45) is 0 Å². The minimum absolute atomic E-state index is 0.429. The summed E-state index contributed by atoms with van der Waals surface area (Å²) in [6.45, 7) is 4.55. The molecule has 3 fully saturated rings. The Kier molecular flexibility index (Phi) is 6.63. The molecule has 2 aliphatic carbocycles. The van der Waals surface area contributed by atoms with Gasteiger partial charge in [-0.25, -0.2) is 4.98 Å². The van der Waals surface area contributed by atoms with Gasteiger partial charge in [-0.2, -0.15) is 0 Å². The zero-order valence-corrected chi connectivity index (χ0v) is 16.0. The van der Waals surface area contributed by atoms with Gasteiger partial charge in [0.15, 0.2) is 5.89 Å². The first kappa shape index (κ1) is 18.5. The number of aromatic nitrogens is 1. The molecule has 2 saturated carbocycles. The van der Waals surface area contributed by atoms with Crippen molar-refractivity contribution in [2.75, 3.05) is 26.2 Å². The maximum Gasteiger partial charge on any atom is 0.197 e. The van der Waals surface area contributed by atoms with Crippen molar-refractivity contribution < 1.29 is 13.9 Å². The molecular weight excluding hydrogens is 328 g/mol. The van der Waals surface area contributed by atoms with Crippen molar-refractivity contribution in [1.29, 1.82) is 0 Å². The van der Waals surface area contributed by atoms with Crippen LogP contribution in [0.1, 0.15) is 76.0 Å². The molecule has 0 radical (unpaired) electrons. The van der Waals surface area contributed by atoms with Gasteiger partial charge in [0, 0.05) is 12.5 Å². The summed E-state index contributed by atoms with van der Waals surface area (Å²) in [5.41, 5.74) is 0. The Balaban J connectivity index is 1.09. The Morgan fingerprint density at radius 3 is 2.23 bits per heavy atom. The fraction of sp³-hybridized carbons (Fsp3) is 0.857. The van der Waals surface area contributed by atoms with Gasteiger partial charge in [-0.05, 0) is 77.3 Å². The third-order valence-electron chi connectivity index (χ3n) is 6.44. The number of ether oxygens (including phenoxy) is 2. The molecule has 2 heterocycles. The maximum absolute atomic E-state index is 6.42. The van der Waals surface area contributed by atoms with E-state index >= 15 is 0 Å². The van der Waals surface area contributed by atoms with Crippen LogP contribution >= 0.6 is 0 Å². The number of nitrogens with zero attached hydrogens (tertiary/aromatic N) is 2. The molecule has 0 unspecified atom stereocenters. The van der Waals surface area contributed by atoms with Gasteiger partial charge in [-0.3, -0.25) is 0 Å². The van der Waals surface area contributed by atoms with Gasteiger partial charge in [0.2, 0.25) is 0 Å². The highest BCUT2D eigenvalue weighted by atomic mass is 16.5. The van der Waals surface area contributed by atoms with E-state index in [1.54, 1.807) is 12.5 Å². The zero-order valence-electron chi connectivity index (χ0n) is 16.0. The van der Waals surface area contributed by atoms with Crippen LogP contribution in [0.2, 0.25) is 0 Å². The van der Waals surface area contributed by atoms with E-state index in [-0.39, 0.29) is 0 Å². The smallest absolute Gasteiger partial charge is 0.197 e. The lowest BCUT2D eigenvalue weighted by atomic mass is 9.86. The fourth-order valence-electron chi connectivity index (χ4n) is 4.84. The Labute approximate surface area is 157 Å². The summed E-state index contributed by atoms with van der Waals surface area (Å²) in [5, 5.41) is 0. The summed E-state index contributed by atoms with van der Waals surface area (Å²) in [6.07, 6.45) is 16.7. The molecule has 5 heteroatoms. The largest absolute Gasteiger partial charge is 0.449 e. The summed E-state index contributed by atoms with van der Waals surface area (Å²) < 4.78 is 18.0. The van der Waals surface area contributed by atoms with Crippen LogP contribution in [-0.2, 0) is 9.47 Å². The monoisotopic (exact) mass is 362 g/mol. The predicted molar refractivity (Wildman–Crippen MR) is 100 cm³/mol. The molecule has 5 nitrogen and oxygen atoms in total. The van der Waals surface area contributed by atoms with Crippen molar-refractivity contribution in [3.05, 3.63) is 18.4 Å². The molecule has 1 saturated heterocycles.